The molecule has 1 heterocycles. The topological polar surface area (TPSA) is 97.2 Å². The van der Waals surface area contributed by atoms with Gasteiger partial charge in [0.15, 0.2) is 0 Å². The van der Waals surface area contributed by atoms with Crippen LogP contribution < -0.4 is 10.6 Å². The molecule has 7 heteroatoms. The summed E-state index contributed by atoms with van der Waals surface area (Å²) in [7, 11) is 1.63. The standard InChI is InChI=1S/C14H20N4O3/c1-3-10(6-9-4-5-9)17-14(19)12-7-11(18(20)21)8-16-13(12)15-2/h7-10H,3-6H2,1-2H3,(H,15,16)(H,17,19). The zero-order chi connectivity index (χ0) is 15.4. The van der Waals surface area contributed by atoms with E-state index in [9.17, 15) is 14.9 Å². The van der Waals surface area contributed by atoms with Gasteiger partial charge in [0.25, 0.3) is 11.6 Å². The molecule has 2 N–H and O–H groups in total. The van der Waals surface area contributed by atoms with Crippen LogP contribution in [0.25, 0.3) is 0 Å². The SMILES string of the molecule is CCC(CC1CC1)NC(=O)c1cc([N+](=O)[O-])cnc1NC. The van der Waals surface area contributed by atoms with Crippen LogP contribution in [0.15, 0.2) is 12.3 Å². The number of amides is 1. The zero-order valence-corrected chi connectivity index (χ0v) is 12.3. The molecule has 1 aliphatic rings. The number of carbonyl (C=O) groups is 1. The maximum Gasteiger partial charge on any atom is 0.288 e. The fourth-order valence-electron chi connectivity index (χ4n) is 2.27. The van der Waals surface area contributed by atoms with Crippen LogP contribution in [-0.2, 0) is 0 Å². The van der Waals surface area contributed by atoms with Gasteiger partial charge in [-0.1, -0.05) is 19.8 Å². The van der Waals surface area contributed by atoms with E-state index in [1.165, 1.54) is 18.9 Å². The number of pyridine rings is 1. The van der Waals surface area contributed by atoms with E-state index in [-0.39, 0.29) is 23.2 Å². The number of carbonyl (C=O) groups excluding carboxylic acids is 1. The van der Waals surface area contributed by atoms with Gasteiger partial charge in [-0.3, -0.25) is 14.9 Å². The average molecular weight is 292 g/mol. The minimum absolute atomic E-state index is 0.106. The van der Waals surface area contributed by atoms with Gasteiger partial charge in [-0.25, -0.2) is 4.98 Å². The van der Waals surface area contributed by atoms with E-state index in [0.717, 1.165) is 19.0 Å². The highest BCUT2D eigenvalue weighted by Crippen LogP contribution is 2.34. The van der Waals surface area contributed by atoms with Crippen LogP contribution in [0.4, 0.5) is 11.5 Å². The van der Waals surface area contributed by atoms with Crippen LogP contribution >= 0.6 is 0 Å². The molecule has 0 saturated heterocycles. The van der Waals surface area contributed by atoms with E-state index in [1.54, 1.807) is 7.05 Å². The first kappa shape index (κ1) is 15.2. The molecule has 0 radical (unpaired) electrons. The van der Waals surface area contributed by atoms with Crippen molar-refractivity contribution in [3.63, 3.8) is 0 Å². The number of aromatic nitrogens is 1. The van der Waals surface area contributed by atoms with Gasteiger partial charge >= 0.3 is 0 Å². The van der Waals surface area contributed by atoms with Gasteiger partial charge in [-0.2, -0.15) is 0 Å². The summed E-state index contributed by atoms with van der Waals surface area (Å²) in [5, 5.41) is 16.6. The predicted molar refractivity (Wildman–Crippen MR) is 79.3 cm³/mol. The maximum absolute atomic E-state index is 12.4. The van der Waals surface area contributed by atoms with Gasteiger partial charge in [0.1, 0.15) is 12.0 Å². The monoisotopic (exact) mass is 292 g/mol. The Balaban J connectivity index is 2.15. The normalized spacial score (nSPS) is 15.3. The first-order chi connectivity index (χ1) is 10.0. The van der Waals surface area contributed by atoms with E-state index in [2.05, 4.69) is 15.6 Å². The van der Waals surface area contributed by atoms with Crippen molar-refractivity contribution >= 4 is 17.4 Å². The Labute approximate surface area is 123 Å². The summed E-state index contributed by atoms with van der Waals surface area (Å²) in [6, 6.07) is 1.37. The van der Waals surface area contributed by atoms with Gasteiger partial charge in [0.05, 0.1) is 10.5 Å². The summed E-state index contributed by atoms with van der Waals surface area (Å²) < 4.78 is 0. The van der Waals surface area contributed by atoms with Crippen molar-refractivity contribution in [2.24, 2.45) is 5.92 Å². The molecular formula is C14H20N4O3. The molecule has 1 unspecified atom stereocenters. The lowest BCUT2D eigenvalue weighted by atomic mass is 10.1. The van der Waals surface area contributed by atoms with Crippen LogP contribution in [0.5, 0.6) is 0 Å². The van der Waals surface area contributed by atoms with Crippen molar-refractivity contribution in [2.45, 2.75) is 38.6 Å². The Hall–Kier alpha value is -2.18. The van der Waals surface area contributed by atoms with Gasteiger partial charge in [-0.05, 0) is 18.8 Å². The van der Waals surface area contributed by atoms with E-state index in [1.807, 2.05) is 6.92 Å². The third kappa shape index (κ3) is 3.90. The first-order valence-electron chi connectivity index (χ1n) is 7.18. The molecule has 1 aliphatic carbocycles. The van der Waals surface area contributed by atoms with Crippen molar-refractivity contribution in [2.75, 3.05) is 12.4 Å². The van der Waals surface area contributed by atoms with Gasteiger partial charge in [0.2, 0.25) is 0 Å². The quantitative estimate of drug-likeness (QED) is 0.594. The smallest absolute Gasteiger partial charge is 0.288 e. The Morgan fingerprint density at radius 2 is 2.29 bits per heavy atom. The van der Waals surface area contributed by atoms with Gasteiger partial charge < -0.3 is 10.6 Å². The second-order valence-corrected chi connectivity index (χ2v) is 5.35. The van der Waals surface area contributed by atoms with Gasteiger partial charge in [-0.15, -0.1) is 0 Å². The average Bonchev–Trinajstić information content (AvgIpc) is 3.29. The van der Waals surface area contributed by atoms with E-state index in [0.29, 0.717) is 11.7 Å². The summed E-state index contributed by atoms with van der Waals surface area (Å²) in [5.74, 6) is 0.740. The third-order valence-corrected chi connectivity index (χ3v) is 3.71. The summed E-state index contributed by atoms with van der Waals surface area (Å²) in [5.41, 5.74) is 0.0235. The van der Waals surface area contributed by atoms with E-state index in [4.69, 9.17) is 0 Å². The highest BCUT2D eigenvalue weighted by atomic mass is 16.6. The Kier molecular flexibility index (Phi) is 4.72. The van der Waals surface area contributed by atoms with Crippen LogP contribution in [0, 0.1) is 16.0 Å². The molecule has 0 aromatic carbocycles. The summed E-state index contributed by atoms with van der Waals surface area (Å²) in [4.78, 5) is 26.6. The second-order valence-electron chi connectivity index (χ2n) is 5.35. The zero-order valence-electron chi connectivity index (χ0n) is 12.3. The molecule has 0 aliphatic heterocycles. The van der Waals surface area contributed by atoms with Crippen molar-refractivity contribution in [3.05, 3.63) is 27.9 Å². The van der Waals surface area contributed by atoms with E-state index >= 15 is 0 Å². The molecule has 1 saturated carbocycles. The van der Waals surface area contributed by atoms with Crippen molar-refractivity contribution in [3.8, 4) is 0 Å². The largest absolute Gasteiger partial charge is 0.372 e. The van der Waals surface area contributed by atoms with Gasteiger partial charge in [0, 0.05) is 19.2 Å². The maximum atomic E-state index is 12.4. The van der Waals surface area contributed by atoms with Crippen molar-refractivity contribution in [1.82, 2.24) is 10.3 Å². The molecule has 1 aromatic heterocycles. The highest BCUT2D eigenvalue weighted by Gasteiger charge is 2.26. The van der Waals surface area contributed by atoms with Crippen LogP contribution in [-0.4, -0.2) is 28.9 Å². The molecule has 1 atom stereocenters. The highest BCUT2D eigenvalue weighted by molar-refractivity contribution is 5.99. The third-order valence-electron chi connectivity index (χ3n) is 3.71. The first-order valence-corrected chi connectivity index (χ1v) is 7.18. The van der Waals surface area contributed by atoms with Crippen molar-refractivity contribution in [1.29, 1.82) is 0 Å². The Morgan fingerprint density at radius 3 is 2.81 bits per heavy atom. The summed E-state index contributed by atoms with van der Waals surface area (Å²) >= 11 is 0. The molecule has 21 heavy (non-hydrogen) atoms. The fraction of sp³-hybridized carbons (Fsp3) is 0.571. The number of nitro groups is 1. The Bertz CT molecular complexity index is 543. The predicted octanol–water partition coefficient (Wildman–Crippen LogP) is 2.34. The number of nitrogens with zero attached hydrogens (tertiary/aromatic N) is 2. The molecule has 0 spiro atoms. The number of rotatable bonds is 7. The molecule has 1 fully saturated rings. The molecule has 114 valence electrons. The van der Waals surface area contributed by atoms with Crippen molar-refractivity contribution < 1.29 is 9.72 Å². The number of nitrogens with one attached hydrogen (secondary N) is 2. The lowest BCUT2D eigenvalue weighted by Crippen LogP contribution is -2.35. The van der Waals surface area contributed by atoms with Crippen LogP contribution in [0.1, 0.15) is 43.0 Å². The summed E-state index contributed by atoms with van der Waals surface area (Å²) in [6.07, 6.45) is 5.42. The van der Waals surface area contributed by atoms with Crippen LogP contribution in [0.2, 0.25) is 0 Å². The molecule has 7 nitrogen and oxygen atoms in total. The number of hydrogen-bond donors (Lipinski definition) is 2. The fourth-order valence-corrected chi connectivity index (χ4v) is 2.27. The Morgan fingerprint density at radius 1 is 1.57 bits per heavy atom. The molecule has 1 aromatic rings. The minimum Gasteiger partial charge on any atom is -0.372 e. The molecule has 2 rings (SSSR count). The lowest BCUT2D eigenvalue weighted by molar-refractivity contribution is -0.385. The number of anilines is 1. The molecule has 0 bridgehead atoms. The molecule has 1 amide bonds. The second kappa shape index (κ2) is 6.51. The van der Waals surface area contributed by atoms with Crippen LogP contribution in [0.3, 0.4) is 0 Å². The minimum atomic E-state index is -0.551. The molecular weight excluding hydrogens is 272 g/mol. The number of hydrogen-bond acceptors (Lipinski definition) is 5. The lowest BCUT2D eigenvalue weighted by Gasteiger charge is -2.17. The van der Waals surface area contributed by atoms with E-state index < -0.39 is 4.92 Å². The summed E-state index contributed by atoms with van der Waals surface area (Å²) in [6.45, 7) is 2.03.